The Morgan fingerprint density at radius 1 is 1.46 bits per heavy atom. The molecule has 11 heteroatoms. The zero-order valence-electron chi connectivity index (χ0n) is 12.7. The average Bonchev–Trinajstić information content (AvgIpc) is 2.76. The summed E-state index contributed by atoms with van der Waals surface area (Å²) in [5.74, 6) is -0.0463. The second kappa shape index (κ2) is 7.14. The molecular weight excluding hydrogens is 351 g/mol. The molecule has 0 bridgehead atoms. The number of amides is 1. The second-order valence-electron chi connectivity index (χ2n) is 4.74. The minimum absolute atomic E-state index is 0.0434. The molecule has 2 rings (SSSR count). The van der Waals surface area contributed by atoms with Crippen LogP contribution in [0.4, 0.5) is 19.0 Å². The molecule has 2 aromatic rings. The molecule has 2 aromatic heterocycles. The molecule has 0 radical (unpaired) electrons. The van der Waals surface area contributed by atoms with Crippen LogP contribution in [0.3, 0.4) is 0 Å². The normalized spacial score (nSPS) is 11.6. The number of rotatable bonds is 5. The van der Waals surface area contributed by atoms with Crippen molar-refractivity contribution in [1.29, 1.82) is 0 Å². The molecule has 0 fully saturated rings. The van der Waals surface area contributed by atoms with Gasteiger partial charge in [-0.25, -0.2) is 9.97 Å². The van der Waals surface area contributed by atoms with Gasteiger partial charge in [0.05, 0.1) is 10.7 Å². The Balaban J connectivity index is 2.12. The van der Waals surface area contributed by atoms with E-state index in [1.165, 1.54) is 26.3 Å². The number of anilines is 1. The maximum atomic E-state index is 12.8. The monoisotopic (exact) mass is 363 g/mol. The van der Waals surface area contributed by atoms with Crippen molar-refractivity contribution in [3.05, 3.63) is 34.5 Å². The van der Waals surface area contributed by atoms with Crippen LogP contribution in [0.5, 0.6) is 0 Å². The van der Waals surface area contributed by atoms with E-state index in [2.05, 4.69) is 20.4 Å². The lowest BCUT2D eigenvalue weighted by Crippen LogP contribution is -2.21. The lowest BCUT2D eigenvalue weighted by molar-refractivity contribution is -0.141. The lowest BCUT2D eigenvalue weighted by Gasteiger charge is -2.07. The minimum Gasteiger partial charge on any atom is -0.377 e. The quantitative estimate of drug-likeness (QED) is 0.882. The van der Waals surface area contributed by atoms with Crippen LogP contribution in [0.2, 0.25) is 5.02 Å². The van der Waals surface area contributed by atoms with Crippen molar-refractivity contribution < 1.29 is 22.7 Å². The molecule has 2 heterocycles. The molecule has 1 amide bonds. The Hall–Kier alpha value is -2.20. The van der Waals surface area contributed by atoms with Crippen molar-refractivity contribution in [1.82, 2.24) is 19.7 Å². The van der Waals surface area contributed by atoms with E-state index >= 15 is 0 Å². The third kappa shape index (κ3) is 4.20. The molecule has 7 nitrogen and oxygen atoms in total. The van der Waals surface area contributed by atoms with E-state index < -0.39 is 29.3 Å². The first-order valence-electron chi connectivity index (χ1n) is 6.63. The summed E-state index contributed by atoms with van der Waals surface area (Å²) >= 11 is 5.63. The third-order valence-electron chi connectivity index (χ3n) is 2.94. The summed E-state index contributed by atoms with van der Waals surface area (Å²) < 4.78 is 44.0. The fourth-order valence-corrected chi connectivity index (χ4v) is 2.09. The van der Waals surface area contributed by atoms with E-state index in [4.69, 9.17) is 16.3 Å². The van der Waals surface area contributed by atoms with Crippen LogP contribution in [-0.4, -0.2) is 32.8 Å². The molecule has 24 heavy (non-hydrogen) atoms. The first-order valence-corrected chi connectivity index (χ1v) is 7.01. The summed E-state index contributed by atoms with van der Waals surface area (Å²) in [4.78, 5) is 19.9. The molecular formula is C13H13ClF3N5O2. The van der Waals surface area contributed by atoms with Gasteiger partial charge in [0.15, 0.2) is 11.5 Å². The number of nitrogens with zero attached hydrogens (tertiary/aromatic N) is 4. The Morgan fingerprint density at radius 2 is 2.17 bits per heavy atom. The van der Waals surface area contributed by atoms with E-state index in [1.54, 1.807) is 0 Å². The van der Waals surface area contributed by atoms with Crippen LogP contribution < -0.4 is 5.32 Å². The number of hydrogen-bond donors (Lipinski definition) is 1. The molecule has 130 valence electrons. The number of halogens is 4. The third-order valence-corrected chi connectivity index (χ3v) is 3.39. The van der Waals surface area contributed by atoms with Crippen molar-refractivity contribution in [3.8, 4) is 0 Å². The van der Waals surface area contributed by atoms with Crippen molar-refractivity contribution >= 4 is 23.3 Å². The number of ether oxygens (including phenoxy) is 1. The number of methoxy groups -OCH3 is 1. The molecule has 0 aliphatic rings. The van der Waals surface area contributed by atoms with E-state index in [1.807, 2.05) is 0 Å². The number of hydrogen-bond acceptors (Lipinski definition) is 5. The molecule has 0 aliphatic carbocycles. The molecule has 0 saturated carbocycles. The Kier molecular flexibility index (Phi) is 5.40. The van der Waals surface area contributed by atoms with Gasteiger partial charge in [0.1, 0.15) is 19.0 Å². The predicted octanol–water partition coefficient (Wildman–Crippen LogP) is 2.44. The second-order valence-corrected chi connectivity index (χ2v) is 5.12. The Bertz CT molecular complexity index is 748. The molecule has 0 aliphatic heterocycles. The van der Waals surface area contributed by atoms with Crippen LogP contribution in [-0.2, 0) is 28.9 Å². The van der Waals surface area contributed by atoms with Crippen LogP contribution in [0.1, 0.15) is 17.2 Å². The van der Waals surface area contributed by atoms with E-state index in [9.17, 15) is 18.0 Å². The van der Waals surface area contributed by atoms with Crippen LogP contribution in [0, 0.1) is 6.92 Å². The van der Waals surface area contributed by atoms with Gasteiger partial charge in [-0.05, 0) is 13.0 Å². The highest BCUT2D eigenvalue weighted by Crippen LogP contribution is 2.35. The Labute approximate surface area is 139 Å². The van der Waals surface area contributed by atoms with Crippen molar-refractivity contribution in [2.75, 3.05) is 12.4 Å². The van der Waals surface area contributed by atoms with Gasteiger partial charge in [-0.3, -0.25) is 9.48 Å². The summed E-state index contributed by atoms with van der Waals surface area (Å²) in [6.45, 7) is 1.07. The van der Waals surface area contributed by atoms with Gasteiger partial charge in [0, 0.05) is 13.3 Å². The summed E-state index contributed by atoms with van der Waals surface area (Å²) in [5, 5.41) is 5.28. The lowest BCUT2D eigenvalue weighted by atomic mass is 10.3. The van der Waals surface area contributed by atoms with Crippen LogP contribution in [0.15, 0.2) is 12.3 Å². The number of aromatic nitrogens is 4. The molecule has 0 saturated heterocycles. The summed E-state index contributed by atoms with van der Waals surface area (Å²) in [6.07, 6.45) is -3.26. The van der Waals surface area contributed by atoms with Crippen molar-refractivity contribution in [3.63, 3.8) is 0 Å². The fraction of sp³-hybridized carbons (Fsp3) is 0.385. The molecule has 0 atom stereocenters. The first-order chi connectivity index (χ1) is 11.2. The SMILES string of the molecule is COCc1nccc(NC(=O)Cn2nc(C(F)(F)F)c(Cl)c2C)n1. The van der Waals surface area contributed by atoms with Gasteiger partial charge < -0.3 is 10.1 Å². The number of nitrogens with one attached hydrogen (secondary N) is 1. The van der Waals surface area contributed by atoms with E-state index in [-0.39, 0.29) is 18.1 Å². The zero-order chi connectivity index (χ0) is 17.9. The van der Waals surface area contributed by atoms with E-state index in [0.717, 1.165) is 4.68 Å². The number of carbonyl (C=O) groups is 1. The van der Waals surface area contributed by atoms with E-state index in [0.29, 0.717) is 5.82 Å². The van der Waals surface area contributed by atoms with Gasteiger partial charge in [-0.1, -0.05) is 11.6 Å². The number of carbonyl (C=O) groups excluding carboxylic acids is 1. The van der Waals surface area contributed by atoms with Gasteiger partial charge in [0.2, 0.25) is 5.91 Å². The fourth-order valence-electron chi connectivity index (χ4n) is 1.85. The van der Waals surface area contributed by atoms with Gasteiger partial charge in [-0.15, -0.1) is 0 Å². The molecule has 1 N–H and O–H groups in total. The standard InChI is InChI=1S/C13H13ClF3N5O2/c1-7-11(14)12(13(15,16)17)21-22(7)5-10(23)20-8-3-4-18-9(19-8)6-24-2/h3-4H,5-6H2,1-2H3,(H,18,19,20,23). The maximum absolute atomic E-state index is 12.8. The highest BCUT2D eigenvalue weighted by molar-refractivity contribution is 6.32. The van der Waals surface area contributed by atoms with Gasteiger partial charge in [-0.2, -0.15) is 18.3 Å². The predicted molar refractivity (Wildman–Crippen MR) is 78.4 cm³/mol. The topological polar surface area (TPSA) is 81.9 Å². The zero-order valence-corrected chi connectivity index (χ0v) is 13.4. The molecule has 0 spiro atoms. The van der Waals surface area contributed by atoms with Gasteiger partial charge in [0.25, 0.3) is 0 Å². The highest BCUT2D eigenvalue weighted by Gasteiger charge is 2.38. The van der Waals surface area contributed by atoms with Crippen molar-refractivity contribution in [2.45, 2.75) is 26.3 Å². The first kappa shape index (κ1) is 18.1. The van der Waals surface area contributed by atoms with Gasteiger partial charge >= 0.3 is 6.18 Å². The van der Waals surface area contributed by atoms with Crippen molar-refractivity contribution in [2.24, 2.45) is 0 Å². The van der Waals surface area contributed by atoms with Crippen LogP contribution >= 0.6 is 11.6 Å². The maximum Gasteiger partial charge on any atom is 0.436 e. The average molecular weight is 364 g/mol. The minimum atomic E-state index is -4.69. The smallest absolute Gasteiger partial charge is 0.377 e. The molecule has 0 aromatic carbocycles. The summed E-state index contributed by atoms with van der Waals surface area (Å²) in [5.41, 5.74) is -1.18. The largest absolute Gasteiger partial charge is 0.436 e. The highest BCUT2D eigenvalue weighted by atomic mass is 35.5. The van der Waals surface area contributed by atoms with Crippen LogP contribution in [0.25, 0.3) is 0 Å². The summed E-state index contributed by atoms with van der Waals surface area (Å²) in [7, 11) is 1.47. The molecule has 0 unspecified atom stereocenters. The summed E-state index contributed by atoms with van der Waals surface area (Å²) in [6, 6.07) is 1.45. The Morgan fingerprint density at radius 3 is 2.75 bits per heavy atom. The number of alkyl halides is 3.